The lowest BCUT2D eigenvalue weighted by molar-refractivity contribution is 0.825. The molecule has 0 saturated heterocycles. The van der Waals surface area contributed by atoms with Crippen LogP contribution >= 0.6 is 11.6 Å². The highest BCUT2D eigenvalue weighted by Crippen LogP contribution is 2.26. The molecule has 0 atom stereocenters. The summed E-state index contributed by atoms with van der Waals surface area (Å²) in [6, 6.07) is 9.56. The molecule has 0 fully saturated rings. The molecule has 2 aromatic heterocycles. The van der Waals surface area contributed by atoms with Crippen LogP contribution in [0.25, 0.3) is 16.9 Å². The maximum Gasteiger partial charge on any atom is 0.175 e. The zero-order valence-corrected chi connectivity index (χ0v) is 8.44. The van der Waals surface area contributed by atoms with Crippen LogP contribution in [-0.4, -0.2) is 19.8 Å². The van der Waals surface area contributed by atoms with E-state index in [1.165, 1.54) is 6.33 Å². The lowest BCUT2D eigenvalue weighted by atomic mass is 10.1. The molecule has 15 heavy (non-hydrogen) atoms. The van der Waals surface area contributed by atoms with E-state index in [0.717, 1.165) is 16.9 Å². The largest absolute Gasteiger partial charge is 0.276 e. The molecule has 0 bridgehead atoms. The summed E-state index contributed by atoms with van der Waals surface area (Å²) < 4.78 is 1.61. The van der Waals surface area contributed by atoms with Crippen molar-refractivity contribution >= 4 is 17.2 Å². The minimum absolute atomic E-state index is 0.710. The molecule has 0 radical (unpaired) electrons. The van der Waals surface area contributed by atoms with Crippen molar-refractivity contribution in [3.8, 4) is 11.3 Å². The monoisotopic (exact) mass is 218 g/mol. The van der Waals surface area contributed by atoms with Crippen LogP contribution in [0, 0.1) is 0 Å². The fraction of sp³-hybridized carbons (Fsp3) is 0. The minimum atomic E-state index is 0.710. The number of halogens is 1. The number of rotatable bonds is 1. The Morgan fingerprint density at radius 3 is 2.93 bits per heavy atom. The minimum Gasteiger partial charge on any atom is -0.276 e. The zero-order chi connectivity index (χ0) is 10.3. The van der Waals surface area contributed by atoms with E-state index in [4.69, 9.17) is 11.6 Å². The molecule has 4 nitrogen and oxygen atoms in total. The van der Waals surface area contributed by atoms with Gasteiger partial charge in [-0.2, -0.15) is 4.63 Å². The Morgan fingerprint density at radius 1 is 1.27 bits per heavy atom. The van der Waals surface area contributed by atoms with E-state index in [1.807, 2.05) is 30.3 Å². The lowest BCUT2D eigenvalue weighted by Gasteiger charge is -1.99. The molecule has 1 N–H and O–H groups in total. The highest BCUT2D eigenvalue weighted by molar-refractivity contribution is 6.33. The number of fused-ring (bicyclic) bond motifs is 1. The standard InChI is InChI=1S/C10H7ClN4/c11-8-4-2-1-3-7(8)9-5-10-12-6-13-15(10)14-9/h1-6,14H. The van der Waals surface area contributed by atoms with Gasteiger partial charge in [0.1, 0.15) is 6.33 Å². The molecule has 0 aliphatic rings. The van der Waals surface area contributed by atoms with Gasteiger partial charge in [-0.1, -0.05) is 29.8 Å². The van der Waals surface area contributed by atoms with E-state index in [9.17, 15) is 0 Å². The topological polar surface area (TPSA) is 46.0 Å². The van der Waals surface area contributed by atoms with Crippen molar-refractivity contribution in [2.45, 2.75) is 0 Å². The third-order valence-corrected chi connectivity index (χ3v) is 2.57. The molecule has 2 heterocycles. The van der Waals surface area contributed by atoms with Gasteiger partial charge in [0.15, 0.2) is 5.65 Å². The normalized spacial score (nSPS) is 11.0. The lowest BCUT2D eigenvalue weighted by Crippen LogP contribution is -1.86. The van der Waals surface area contributed by atoms with Crippen LogP contribution in [-0.2, 0) is 0 Å². The predicted molar refractivity (Wildman–Crippen MR) is 57.8 cm³/mol. The highest BCUT2D eigenvalue weighted by Gasteiger charge is 2.06. The average Bonchev–Trinajstić information content (AvgIpc) is 2.77. The first-order valence-corrected chi connectivity index (χ1v) is 4.86. The van der Waals surface area contributed by atoms with Gasteiger partial charge in [-0.15, -0.1) is 5.10 Å². The maximum absolute atomic E-state index is 6.08. The molecule has 3 rings (SSSR count). The van der Waals surface area contributed by atoms with Gasteiger partial charge in [0, 0.05) is 16.7 Å². The Kier molecular flexibility index (Phi) is 1.76. The van der Waals surface area contributed by atoms with Crippen LogP contribution < -0.4 is 0 Å². The van der Waals surface area contributed by atoms with Gasteiger partial charge in [-0.3, -0.25) is 5.10 Å². The molecule has 5 heteroatoms. The molecule has 3 aromatic rings. The molecule has 74 valence electrons. The first-order chi connectivity index (χ1) is 7.34. The van der Waals surface area contributed by atoms with E-state index in [0.29, 0.717) is 5.02 Å². The summed E-state index contributed by atoms with van der Waals surface area (Å²) in [5.74, 6) is 0. The predicted octanol–water partition coefficient (Wildman–Crippen LogP) is 2.38. The number of nitrogens with one attached hydrogen (secondary N) is 1. The van der Waals surface area contributed by atoms with Crippen molar-refractivity contribution in [3.05, 3.63) is 41.7 Å². The third-order valence-electron chi connectivity index (χ3n) is 2.24. The van der Waals surface area contributed by atoms with Gasteiger partial charge in [0.2, 0.25) is 0 Å². The van der Waals surface area contributed by atoms with Crippen LogP contribution in [0.3, 0.4) is 0 Å². The number of hydrogen-bond acceptors (Lipinski definition) is 2. The van der Waals surface area contributed by atoms with Crippen LogP contribution in [0.5, 0.6) is 0 Å². The second kappa shape index (κ2) is 3.10. The summed E-state index contributed by atoms with van der Waals surface area (Å²) in [7, 11) is 0. The summed E-state index contributed by atoms with van der Waals surface area (Å²) in [4.78, 5) is 4.07. The Morgan fingerprint density at radius 2 is 2.13 bits per heavy atom. The number of H-pyrrole nitrogens is 1. The number of nitrogens with zero attached hydrogens (tertiary/aromatic N) is 3. The smallest absolute Gasteiger partial charge is 0.175 e. The summed E-state index contributed by atoms with van der Waals surface area (Å²) in [5.41, 5.74) is 2.65. The molecule has 0 amide bonds. The first-order valence-electron chi connectivity index (χ1n) is 4.48. The fourth-order valence-corrected chi connectivity index (χ4v) is 1.77. The Labute approximate surface area is 90.5 Å². The van der Waals surface area contributed by atoms with Crippen molar-refractivity contribution in [3.63, 3.8) is 0 Å². The third kappa shape index (κ3) is 1.30. The van der Waals surface area contributed by atoms with Gasteiger partial charge >= 0.3 is 0 Å². The van der Waals surface area contributed by atoms with E-state index < -0.39 is 0 Å². The SMILES string of the molecule is Clc1ccccc1-c1cc2ncnn2[nH]1. The molecule has 1 aromatic carbocycles. The van der Waals surface area contributed by atoms with Crippen LogP contribution in [0.2, 0.25) is 5.02 Å². The van der Waals surface area contributed by atoms with Crippen LogP contribution in [0.4, 0.5) is 0 Å². The van der Waals surface area contributed by atoms with E-state index in [2.05, 4.69) is 15.2 Å². The molecule has 0 unspecified atom stereocenters. The number of aromatic amines is 1. The van der Waals surface area contributed by atoms with Crippen molar-refractivity contribution in [1.82, 2.24) is 19.8 Å². The second-order valence-electron chi connectivity index (χ2n) is 3.18. The van der Waals surface area contributed by atoms with Crippen molar-refractivity contribution in [2.24, 2.45) is 0 Å². The van der Waals surface area contributed by atoms with Crippen molar-refractivity contribution < 1.29 is 0 Å². The number of benzene rings is 1. The summed E-state index contributed by atoms with van der Waals surface area (Å²) >= 11 is 6.08. The molecular formula is C10H7ClN4. The number of aromatic nitrogens is 4. The van der Waals surface area contributed by atoms with Crippen molar-refractivity contribution in [1.29, 1.82) is 0 Å². The van der Waals surface area contributed by atoms with E-state index in [1.54, 1.807) is 4.63 Å². The first kappa shape index (κ1) is 8.49. The second-order valence-corrected chi connectivity index (χ2v) is 3.59. The van der Waals surface area contributed by atoms with Gasteiger partial charge in [0.25, 0.3) is 0 Å². The fourth-order valence-electron chi connectivity index (χ4n) is 1.53. The van der Waals surface area contributed by atoms with Gasteiger partial charge < -0.3 is 0 Å². The highest BCUT2D eigenvalue weighted by atomic mass is 35.5. The molecule has 0 aliphatic heterocycles. The summed E-state index contributed by atoms with van der Waals surface area (Å²) in [6.45, 7) is 0. The average molecular weight is 219 g/mol. The summed E-state index contributed by atoms with van der Waals surface area (Å²) in [6.07, 6.45) is 1.50. The zero-order valence-electron chi connectivity index (χ0n) is 7.68. The molecule has 0 aliphatic carbocycles. The van der Waals surface area contributed by atoms with Crippen LogP contribution in [0.15, 0.2) is 36.7 Å². The van der Waals surface area contributed by atoms with E-state index in [-0.39, 0.29) is 0 Å². The summed E-state index contributed by atoms with van der Waals surface area (Å²) in [5, 5.41) is 7.80. The molecular weight excluding hydrogens is 212 g/mol. The quantitative estimate of drug-likeness (QED) is 0.682. The molecule has 0 spiro atoms. The van der Waals surface area contributed by atoms with E-state index >= 15 is 0 Å². The van der Waals surface area contributed by atoms with Gasteiger partial charge in [0.05, 0.1) is 5.69 Å². The van der Waals surface area contributed by atoms with Crippen LogP contribution in [0.1, 0.15) is 0 Å². The van der Waals surface area contributed by atoms with Gasteiger partial charge in [-0.05, 0) is 6.07 Å². The van der Waals surface area contributed by atoms with Crippen molar-refractivity contribution in [2.75, 3.05) is 0 Å². The maximum atomic E-state index is 6.08. The Bertz CT molecular complexity index is 582. The Hall–Kier alpha value is -1.81. The van der Waals surface area contributed by atoms with Gasteiger partial charge in [-0.25, -0.2) is 4.98 Å². The number of hydrogen-bond donors (Lipinski definition) is 1. The Balaban J connectivity index is 2.22. The molecule has 0 saturated carbocycles.